The number of carbonyl (C=O) groups is 2. The van der Waals surface area contributed by atoms with Gasteiger partial charge in [-0.05, 0) is 44.2 Å². The number of pyridine rings is 1. The average molecular weight is 362 g/mol. The van der Waals surface area contributed by atoms with E-state index in [0.717, 1.165) is 0 Å². The fourth-order valence-corrected chi connectivity index (χ4v) is 2.34. The Hall–Kier alpha value is -2.40. The zero-order chi connectivity index (χ0) is 18.4. The summed E-state index contributed by atoms with van der Waals surface area (Å²) in [5.74, 6) is 0.00465. The van der Waals surface area contributed by atoms with Gasteiger partial charge in [0.1, 0.15) is 12.4 Å². The Kier molecular flexibility index (Phi) is 6.15. The second-order valence-corrected chi connectivity index (χ2v) is 6.74. The maximum Gasteiger partial charge on any atom is 0.312 e. The summed E-state index contributed by atoms with van der Waals surface area (Å²) in [5, 5.41) is 0.558. The van der Waals surface area contributed by atoms with Gasteiger partial charge in [0.05, 0.1) is 18.7 Å². The number of ether oxygens (including phenoxy) is 2. The van der Waals surface area contributed by atoms with Crippen LogP contribution in [0.1, 0.15) is 36.2 Å². The van der Waals surface area contributed by atoms with Gasteiger partial charge in [-0.25, -0.2) is 0 Å². The molecule has 1 aromatic carbocycles. The monoisotopic (exact) mass is 361 g/mol. The van der Waals surface area contributed by atoms with Crippen LogP contribution in [0.25, 0.3) is 0 Å². The van der Waals surface area contributed by atoms with Gasteiger partial charge in [0.25, 0.3) is 0 Å². The number of halogens is 1. The van der Waals surface area contributed by atoms with E-state index in [1.54, 1.807) is 56.6 Å². The van der Waals surface area contributed by atoms with Crippen molar-refractivity contribution >= 4 is 23.4 Å². The highest BCUT2D eigenvalue weighted by Gasteiger charge is 2.32. The minimum atomic E-state index is -0.941. The molecule has 0 radical (unpaired) electrons. The predicted octanol–water partition coefficient (Wildman–Crippen LogP) is 4.09. The van der Waals surface area contributed by atoms with Crippen LogP contribution in [0.15, 0.2) is 42.7 Å². The summed E-state index contributed by atoms with van der Waals surface area (Å²) in [6.45, 7) is 3.45. The van der Waals surface area contributed by atoms with Crippen molar-refractivity contribution in [3.63, 3.8) is 0 Å². The van der Waals surface area contributed by atoms with Gasteiger partial charge in [0.15, 0.2) is 5.78 Å². The van der Waals surface area contributed by atoms with Crippen LogP contribution < -0.4 is 4.74 Å². The van der Waals surface area contributed by atoms with Crippen LogP contribution in [0.4, 0.5) is 0 Å². The van der Waals surface area contributed by atoms with Crippen LogP contribution in [-0.2, 0) is 16.1 Å². The Labute approximate surface area is 151 Å². The summed E-state index contributed by atoms with van der Waals surface area (Å²) in [6, 6.07) is 8.33. The molecule has 0 atom stereocenters. The van der Waals surface area contributed by atoms with Gasteiger partial charge in [0, 0.05) is 28.8 Å². The van der Waals surface area contributed by atoms with E-state index in [2.05, 4.69) is 4.98 Å². The predicted molar refractivity (Wildman–Crippen MR) is 94.8 cm³/mol. The maximum atomic E-state index is 12.4. The molecule has 5 nitrogen and oxygen atoms in total. The Morgan fingerprint density at radius 2 is 1.84 bits per heavy atom. The first-order valence-corrected chi connectivity index (χ1v) is 8.13. The number of hydrogen-bond donors (Lipinski definition) is 0. The molecule has 0 unspecified atom stereocenters. The molecule has 2 aromatic rings. The number of rotatable bonds is 7. The van der Waals surface area contributed by atoms with Crippen molar-refractivity contribution in [1.29, 1.82) is 0 Å². The second-order valence-electron chi connectivity index (χ2n) is 6.30. The van der Waals surface area contributed by atoms with Crippen LogP contribution in [0.3, 0.4) is 0 Å². The minimum Gasteiger partial charge on any atom is -0.495 e. The van der Waals surface area contributed by atoms with Crippen LogP contribution in [-0.4, -0.2) is 23.8 Å². The van der Waals surface area contributed by atoms with Gasteiger partial charge < -0.3 is 9.47 Å². The van der Waals surface area contributed by atoms with Gasteiger partial charge in [-0.2, -0.15) is 0 Å². The third-order valence-corrected chi connectivity index (χ3v) is 3.95. The van der Waals surface area contributed by atoms with Crippen LogP contribution in [0, 0.1) is 5.41 Å². The fourth-order valence-electron chi connectivity index (χ4n) is 2.21. The van der Waals surface area contributed by atoms with Crippen molar-refractivity contribution in [2.24, 2.45) is 5.41 Å². The molecule has 0 saturated heterocycles. The van der Waals surface area contributed by atoms with Crippen molar-refractivity contribution in [3.05, 3.63) is 58.9 Å². The van der Waals surface area contributed by atoms with Crippen molar-refractivity contribution in [3.8, 4) is 5.75 Å². The average Bonchev–Trinajstić information content (AvgIpc) is 2.59. The summed E-state index contributed by atoms with van der Waals surface area (Å²) in [7, 11) is 1.54. The van der Waals surface area contributed by atoms with Crippen LogP contribution in [0.5, 0.6) is 5.75 Å². The number of nitrogens with zero attached hydrogens (tertiary/aromatic N) is 1. The molecule has 0 aliphatic carbocycles. The third-order valence-electron chi connectivity index (χ3n) is 3.70. The van der Waals surface area contributed by atoms with E-state index >= 15 is 0 Å². The number of ketones is 1. The molecule has 2 rings (SSSR count). The topological polar surface area (TPSA) is 65.5 Å². The molecule has 0 N–H and O–H groups in total. The van der Waals surface area contributed by atoms with E-state index in [-0.39, 0.29) is 18.8 Å². The van der Waals surface area contributed by atoms with E-state index in [4.69, 9.17) is 21.1 Å². The fraction of sp³-hybridized carbons (Fsp3) is 0.316. The van der Waals surface area contributed by atoms with E-state index in [0.29, 0.717) is 21.9 Å². The lowest BCUT2D eigenvalue weighted by Crippen LogP contribution is -2.29. The molecule has 0 bridgehead atoms. The third kappa shape index (κ3) is 5.29. The molecule has 1 heterocycles. The molecular formula is C19H20ClNO4. The van der Waals surface area contributed by atoms with Crippen molar-refractivity contribution in [2.45, 2.75) is 26.9 Å². The molecule has 132 valence electrons. The number of aromatic nitrogens is 1. The van der Waals surface area contributed by atoms with E-state index in [1.165, 1.54) is 7.11 Å². The molecule has 0 fully saturated rings. The zero-order valence-electron chi connectivity index (χ0n) is 14.4. The lowest BCUT2D eigenvalue weighted by Gasteiger charge is -2.21. The smallest absolute Gasteiger partial charge is 0.312 e. The Morgan fingerprint density at radius 1 is 1.16 bits per heavy atom. The van der Waals surface area contributed by atoms with Crippen molar-refractivity contribution in [2.75, 3.05) is 7.11 Å². The maximum absolute atomic E-state index is 12.4. The molecule has 6 heteroatoms. The van der Waals surface area contributed by atoms with Gasteiger partial charge in [-0.3, -0.25) is 14.6 Å². The van der Waals surface area contributed by atoms with Crippen molar-refractivity contribution < 1.29 is 19.1 Å². The molecule has 25 heavy (non-hydrogen) atoms. The van der Waals surface area contributed by atoms with Gasteiger partial charge in [0.2, 0.25) is 0 Å². The highest BCUT2D eigenvalue weighted by Crippen LogP contribution is 2.26. The highest BCUT2D eigenvalue weighted by molar-refractivity contribution is 6.30. The lowest BCUT2D eigenvalue weighted by atomic mass is 9.85. The number of hydrogen-bond acceptors (Lipinski definition) is 5. The molecule has 0 aliphatic heterocycles. The first kappa shape index (κ1) is 18.9. The van der Waals surface area contributed by atoms with Crippen molar-refractivity contribution in [1.82, 2.24) is 4.98 Å². The first-order valence-electron chi connectivity index (χ1n) is 7.76. The molecule has 0 saturated carbocycles. The molecule has 0 aliphatic rings. The zero-order valence-corrected chi connectivity index (χ0v) is 15.2. The quantitative estimate of drug-likeness (QED) is 0.549. The van der Waals surface area contributed by atoms with Crippen LogP contribution in [0.2, 0.25) is 5.02 Å². The largest absolute Gasteiger partial charge is 0.495 e. The Bertz CT molecular complexity index is 756. The van der Waals surface area contributed by atoms with E-state index < -0.39 is 11.4 Å². The molecule has 0 amide bonds. The van der Waals surface area contributed by atoms with Gasteiger partial charge in [-0.15, -0.1) is 0 Å². The standard InChI is InChI=1S/C19H20ClNO4/c1-19(2,9-17(22)14-4-6-15(20)7-5-14)18(23)25-12-13-8-16(24-3)11-21-10-13/h4-8,10-11H,9,12H2,1-3H3. The van der Waals surface area contributed by atoms with Gasteiger partial charge in [-0.1, -0.05) is 11.6 Å². The molecule has 0 spiro atoms. The summed E-state index contributed by atoms with van der Waals surface area (Å²) in [6.07, 6.45) is 3.21. The lowest BCUT2D eigenvalue weighted by molar-refractivity contribution is -0.155. The number of methoxy groups -OCH3 is 1. The number of Topliss-reactive ketones (excluding diaryl/α,β-unsaturated/α-hetero) is 1. The van der Waals surface area contributed by atoms with Crippen LogP contribution >= 0.6 is 11.6 Å². The second kappa shape index (κ2) is 8.12. The van der Waals surface area contributed by atoms with Gasteiger partial charge >= 0.3 is 5.97 Å². The molecular weight excluding hydrogens is 342 g/mol. The Balaban J connectivity index is 1.96. The highest BCUT2D eigenvalue weighted by atomic mass is 35.5. The first-order chi connectivity index (χ1) is 11.8. The summed E-state index contributed by atoms with van der Waals surface area (Å²) in [4.78, 5) is 28.7. The SMILES string of the molecule is COc1cncc(COC(=O)C(C)(C)CC(=O)c2ccc(Cl)cc2)c1. The summed E-state index contributed by atoms with van der Waals surface area (Å²) >= 11 is 5.82. The number of benzene rings is 1. The number of esters is 1. The normalized spacial score (nSPS) is 11.0. The number of carbonyl (C=O) groups excluding carboxylic acids is 2. The Morgan fingerprint density at radius 3 is 2.48 bits per heavy atom. The molecule has 1 aromatic heterocycles. The van der Waals surface area contributed by atoms with E-state index in [9.17, 15) is 9.59 Å². The summed E-state index contributed by atoms with van der Waals surface area (Å²) in [5.41, 5.74) is 0.290. The summed E-state index contributed by atoms with van der Waals surface area (Å²) < 4.78 is 10.4. The minimum absolute atomic E-state index is 0.0455. The van der Waals surface area contributed by atoms with E-state index in [1.807, 2.05) is 0 Å².